The molecule has 0 amide bonds. The number of rotatable bonds is 2. The van der Waals surface area contributed by atoms with Gasteiger partial charge >= 0.3 is 0 Å². The normalized spacial score (nSPS) is 26.2. The Kier molecular flexibility index (Phi) is 2.21. The molecule has 3 heteroatoms. The highest BCUT2D eigenvalue weighted by Crippen LogP contribution is 2.39. The second kappa shape index (κ2) is 3.59. The Balaban J connectivity index is 1.90. The third kappa shape index (κ3) is 1.61. The Hall–Kier alpha value is -1.35. The summed E-state index contributed by atoms with van der Waals surface area (Å²) >= 11 is 0. The van der Waals surface area contributed by atoms with Crippen molar-refractivity contribution in [3.63, 3.8) is 0 Å². The number of nitrogens with zero attached hydrogens (tertiary/aromatic N) is 1. The predicted molar refractivity (Wildman–Crippen MR) is 60.2 cm³/mol. The fourth-order valence-electron chi connectivity index (χ4n) is 2.52. The highest BCUT2D eigenvalue weighted by Gasteiger charge is 2.41. The number of benzene rings is 1. The number of hydrogen-bond acceptors (Lipinski definition) is 3. The van der Waals surface area contributed by atoms with Crippen molar-refractivity contribution in [1.82, 2.24) is 4.90 Å². The number of hydrogen-bond donors (Lipinski definition) is 1. The van der Waals surface area contributed by atoms with Crippen LogP contribution < -0.4 is 0 Å². The van der Waals surface area contributed by atoms with Crippen LogP contribution in [0, 0.1) is 0 Å². The molecule has 1 atom stereocenters. The van der Waals surface area contributed by atoms with Crippen LogP contribution in [0.4, 0.5) is 0 Å². The van der Waals surface area contributed by atoms with Gasteiger partial charge in [-0.2, -0.15) is 0 Å². The monoisotopic (exact) mass is 217 g/mol. The van der Waals surface area contributed by atoms with E-state index in [2.05, 4.69) is 4.90 Å². The number of carbonyl (C=O) groups excluding carboxylic acids is 1. The lowest BCUT2D eigenvalue weighted by atomic mass is 10.0. The Labute approximate surface area is 94.7 Å². The highest BCUT2D eigenvalue weighted by atomic mass is 16.3. The van der Waals surface area contributed by atoms with E-state index >= 15 is 0 Å². The Morgan fingerprint density at radius 3 is 2.50 bits per heavy atom. The summed E-state index contributed by atoms with van der Waals surface area (Å²) in [5.74, 6) is 0.574. The quantitative estimate of drug-likeness (QED) is 0.822. The molecule has 2 fully saturated rings. The standard InChI is InChI=1S/C13H15NO2/c15-11-5-1-9(2-6-11)13-12(16)7-8-14(13)10-3-4-10/h1-2,5-6,10,13,15H,3-4,7-8H2. The molecule has 1 aromatic carbocycles. The van der Waals surface area contributed by atoms with Gasteiger partial charge in [0.1, 0.15) is 5.75 Å². The van der Waals surface area contributed by atoms with Crippen LogP contribution in [0.1, 0.15) is 30.9 Å². The van der Waals surface area contributed by atoms with Crippen LogP contribution in [0.25, 0.3) is 0 Å². The number of likely N-dealkylation sites (tertiary alicyclic amines) is 1. The summed E-state index contributed by atoms with van der Waals surface area (Å²) in [6.07, 6.45) is 3.12. The molecule has 1 aliphatic carbocycles. The smallest absolute Gasteiger partial charge is 0.155 e. The highest BCUT2D eigenvalue weighted by molar-refractivity contribution is 5.87. The van der Waals surface area contributed by atoms with Gasteiger partial charge in [0.05, 0.1) is 6.04 Å². The van der Waals surface area contributed by atoms with Crippen LogP contribution in [-0.4, -0.2) is 28.4 Å². The van der Waals surface area contributed by atoms with Gasteiger partial charge in [0.2, 0.25) is 0 Å². The maximum atomic E-state index is 11.9. The number of phenolic OH excluding ortho intramolecular Hbond substituents is 1. The van der Waals surface area contributed by atoms with E-state index in [0.29, 0.717) is 18.2 Å². The number of phenols is 1. The number of carbonyl (C=O) groups is 1. The first kappa shape index (κ1) is 9.85. The molecule has 1 unspecified atom stereocenters. The van der Waals surface area contributed by atoms with Crippen molar-refractivity contribution in [2.75, 3.05) is 6.54 Å². The molecular formula is C13H15NO2. The lowest BCUT2D eigenvalue weighted by Gasteiger charge is -2.23. The van der Waals surface area contributed by atoms with Crippen molar-refractivity contribution in [2.45, 2.75) is 31.3 Å². The second-order valence-corrected chi connectivity index (χ2v) is 4.68. The summed E-state index contributed by atoms with van der Waals surface area (Å²) in [6.45, 7) is 0.898. The maximum absolute atomic E-state index is 11.9. The van der Waals surface area contributed by atoms with Crippen molar-refractivity contribution in [2.24, 2.45) is 0 Å². The molecule has 1 aliphatic heterocycles. The summed E-state index contributed by atoms with van der Waals surface area (Å²) < 4.78 is 0. The lowest BCUT2D eigenvalue weighted by molar-refractivity contribution is -0.120. The van der Waals surface area contributed by atoms with E-state index in [1.54, 1.807) is 12.1 Å². The average Bonchev–Trinajstić information content (AvgIpc) is 3.05. The zero-order valence-electron chi connectivity index (χ0n) is 9.10. The number of Topliss-reactive ketones (excluding diaryl/α,β-unsaturated/α-hetero) is 1. The summed E-state index contributed by atoms with van der Waals surface area (Å²) in [6, 6.07) is 7.59. The van der Waals surface area contributed by atoms with Gasteiger partial charge in [-0.3, -0.25) is 9.69 Å². The summed E-state index contributed by atoms with van der Waals surface area (Å²) in [4.78, 5) is 14.2. The number of aromatic hydroxyl groups is 1. The zero-order valence-corrected chi connectivity index (χ0v) is 9.10. The summed E-state index contributed by atoms with van der Waals surface area (Å²) in [5, 5.41) is 9.25. The van der Waals surface area contributed by atoms with E-state index in [1.165, 1.54) is 12.8 Å². The molecule has 1 saturated carbocycles. The minimum absolute atomic E-state index is 0.0619. The van der Waals surface area contributed by atoms with Crippen molar-refractivity contribution >= 4 is 5.78 Å². The minimum Gasteiger partial charge on any atom is -0.508 e. The van der Waals surface area contributed by atoms with E-state index in [1.807, 2.05) is 12.1 Å². The van der Waals surface area contributed by atoms with Gasteiger partial charge in [0.15, 0.2) is 5.78 Å². The molecule has 0 bridgehead atoms. The Morgan fingerprint density at radius 2 is 1.88 bits per heavy atom. The molecule has 0 radical (unpaired) electrons. The van der Waals surface area contributed by atoms with Gasteiger partial charge in [-0.25, -0.2) is 0 Å². The van der Waals surface area contributed by atoms with E-state index < -0.39 is 0 Å². The zero-order chi connectivity index (χ0) is 11.1. The third-order valence-corrected chi connectivity index (χ3v) is 3.48. The van der Waals surface area contributed by atoms with Crippen LogP contribution in [0.3, 0.4) is 0 Å². The van der Waals surface area contributed by atoms with Crippen molar-refractivity contribution < 1.29 is 9.90 Å². The molecule has 0 aromatic heterocycles. The molecule has 1 aromatic rings. The lowest BCUT2D eigenvalue weighted by Crippen LogP contribution is -2.27. The minimum atomic E-state index is -0.0619. The fourth-order valence-corrected chi connectivity index (χ4v) is 2.52. The van der Waals surface area contributed by atoms with Gasteiger partial charge in [-0.15, -0.1) is 0 Å². The van der Waals surface area contributed by atoms with Gasteiger partial charge in [-0.1, -0.05) is 12.1 Å². The van der Waals surface area contributed by atoms with E-state index in [-0.39, 0.29) is 11.8 Å². The van der Waals surface area contributed by atoms with E-state index in [0.717, 1.165) is 12.1 Å². The first-order chi connectivity index (χ1) is 7.75. The van der Waals surface area contributed by atoms with Gasteiger partial charge in [0.25, 0.3) is 0 Å². The van der Waals surface area contributed by atoms with E-state index in [4.69, 9.17) is 0 Å². The molecule has 0 spiro atoms. The van der Waals surface area contributed by atoms with E-state index in [9.17, 15) is 9.90 Å². The summed E-state index contributed by atoms with van der Waals surface area (Å²) in [7, 11) is 0. The van der Waals surface area contributed by atoms with Crippen LogP contribution in [0.2, 0.25) is 0 Å². The molecule has 84 valence electrons. The Bertz CT molecular complexity index is 408. The fraction of sp³-hybridized carbons (Fsp3) is 0.462. The van der Waals surface area contributed by atoms with Crippen LogP contribution in [-0.2, 0) is 4.79 Å². The van der Waals surface area contributed by atoms with Crippen molar-refractivity contribution in [1.29, 1.82) is 0 Å². The molecule has 16 heavy (non-hydrogen) atoms. The number of ketones is 1. The molecule has 3 nitrogen and oxygen atoms in total. The molecule has 1 saturated heterocycles. The topological polar surface area (TPSA) is 40.5 Å². The van der Waals surface area contributed by atoms with Gasteiger partial charge in [-0.05, 0) is 30.5 Å². The van der Waals surface area contributed by atoms with Gasteiger partial charge < -0.3 is 5.11 Å². The maximum Gasteiger partial charge on any atom is 0.155 e. The van der Waals surface area contributed by atoms with Crippen LogP contribution >= 0.6 is 0 Å². The molecular weight excluding hydrogens is 202 g/mol. The van der Waals surface area contributed by atoms with Crippen molar-refractivity contribution in [3.05, 3.63) is 29.8 Å². The van der Waals surface area contributed by atoms with Gasteiger partial charge in [0, 0.05) is 19.0 Å². The average molecular weight is 217 g/mol. The molecule has 1 N–H and O–H groups in total. The Morgan fingerprint density at radius 1 is 1.19 bits per heavy atom. The first-order valence-corrected chi connectivity index (χ1v) is 5.83. The predicted octanol–water partition coefficient (Wildman–Crippen LogP) is 1.87. The first-order valence-electron chi connectivity index (χ1n) is 5.83. The molecule has 3 rings (SSSR count). The third-order valence-electron chi connectivity index (χ3n) is 3.48. The van der Waals surface area contributed by atoms with Crippen LogP contribution in [0.15, 0.2) is 24.3 Å². The largest absolute Gasteiger partial charge is 0.508 e. The molecule has 2 aliphatic rings. The molecule has 1 heterocycles. The second-order valence-electron chi connectivity index (χ2n) is 4.68. The van der Waals surface area contributed by atoms with Crippen LogP contribution in [0.5, 0.6) is 5.75 Å². The summed E-state index contributed by atoms with van der Waals surface area (Å²) in [5.41, 5.74) is 1.02. The van der Waals surface area contributed by atoms with Crippen molar-refractivity contribution in [3.8, 4) is 5.75 Å². The SMILES string of the molecule is O=C1CCN(C2CC2)C1c1ccc(O)cc1.